The molecule has 0 saturated heterocycles. The van der Waals surface area contributed by atoms with Crippen LogP contribution in [0.5, 0.6) is 0 Å². The molecule has 0 unspecified atom stereocenters. The summed E-state index contributed by atoms with van der Waals surface area (Å²) < 4.78 is 0. The summed E-state index contributed by atoms with van der Waals surface area (Å²) in [5.74, 6) is 0.889. The van der Waals surface area contributed by atoms with E-state index in [4.69, 9.17) is 18.0 Å². The van der Waals surface area contributed by atoms with Gasteiger partial charge in [-0.15, -0.1) is 0 Å². The summed E-state index contributed by atoms with van der Waals surface area (Å²) >= 11 is 5.02. The summed E-state index contributed by atoms with van der Waals surface area (Å²) in [5.41, 5.74) is 5.22. The van der Waals surface area contributed by atoms with Crippen molar-refractivity contribution in [2.45, 2.75) is 39.0 Å². The molecule has 0 aromatic carbocycles. The highest BCUT2D eigenvalue weighted by molar-refractivity contribution is 7.80. The van der Waals surface area contributed by atoms with Gasteiger partial charge in [-0.2, -0.15) is 0 Å². The minimum absolute atomic E-state index is 0.175. The molecular formula is C12H20N2OS. The van der Waals surface area contributed by atoms with Crippen molar-refractivity contribution in [1.29, 1.82) is 0 Å². The number of carbonyl (C=O) groups excluding carboxylic acids is 1. The lowest BCUT2D eigenvalue weighted by atomic mass is 9.85. The summed E-state index contributed by atoms with van der Waals surface area (Å²) in [6.07, 6.45) is 5.55. The Balaban J connectivity index is 1.97. The van der Waals surface area contributed by atoms with Crippen LogP contribution in [0.15, 0.2) is 0 Å². The van der Waals surface area contributed by atoms with Gasteiger partial charge in [-0.05, 0) is 38.5 Å². The number of nitrogens with zero attached hydrogens (tertiary/aromatic N) is 1. The topological polar surface area (TPSA) is 46.3 Å². The first-order valence-corrected chi connectivity index (χ1v) is 6.60. The van der Waals surface area contributed by atoms with E-state index in [-0.39, 0.29) is 5.91 Å². The normalized spacial score (nSPS) is 22.3. The molecule has 0 atom stereocenters. The SMILES string of the molecule is CCN(CC1CCC1)C(=O)C1(C(N)=S)CC1. The minimum atomic E-state index is -0.463. The molecule has 0 aromatic heterocycles. The maximum atomic E-state index is 12.3. The average molecular weight is 240 g/mol. The predicted octanol–water partition coefficient (Wildman–Crippen LogP) is 1.70. The number of amides is 1. The fourth-order valence-electron chi connectivity index (χ4n) is 2.34. The molecule has 2 N–H and O–H groups in total. The molecule has 16 heavy (non-hydrogen) atoms. The molecule has 0 bridgehead atoms. The molecule has 2 aliphatic carbocycles. The van der Waals surface area contributed by atoms with Gasteiger partial charge in [0.25, 0.3) is 0 Å². The van der Waals surface area contributed by atoms with Gasteiger partial charge < -0.3 is 10.6 Å². The van der Waals surface area contributed by atoms with Crippen molar-refractivity contribution in [2.75, 3.05) is 13.1 Å². The largest absolute Gasteiger partial charge is 0.392 e. The maximum absolute atomic E-state index is 12.3. The highest BCUT2D eigenvalue weighted by atomic mass is 32.1. The van der Waals surface area contributed by atoms with E-state index < -0.39 is 5.41 Å². The molecule has 2 aliphatic rings. The van der Waals surface area contributed by atoms with E-state index in [1.807, 2.05) is 11.8 Å². The van der Waals surface area contributed by atoms with Crippen LogP contribution in [-0.4, -0.2) is 28.9 Å². The lowest BCUT2D eigenvalue weighted by Crippen LogP contribution is -2.45. The van der Waals surface area contributed by atoms with E-state index in [0.717, 1.165) is 25.9 Å². The molecule has 0 heterocycles. The van der Waals surface area contributed by atoms with Crippen LogP contribution in [0.3, 0.4) is 0 Å². The van der Waals surface area contributed by atoms with Crippen LogP contribution in [0, 0.1) is 11.3 Å². The Morgan fingerprint density at radius 3 is 2.44 bits per heavy atom. The number of nitrogens with two attached hydrogens (primary N) is 1. The smallest absolute Gasteiger partial charge is 0.235 e. The van der Waals surface area contributed by atoms with Crippen LogP contribution in [0.4, 0.5) is 0 Å². The van der Waals surface area contributed by atoms with E-state index in [1.54, 1.807) is 0 Å². The van der Waals surface area contributed by atoms with Crippen molar-refractivity contribution in [3.05, 3.63) is 0 Å². The summed E-state index contributed by atoms with van der Waals surface area (Å²) in [7, 11) is 0. The second kappa shape index (κ2) is 4.32. The van der Waals surface area contributed by atoms with Crippen LogP contribution in [0.2, 0.25) is 0 Å². The average Bonchev–Trinajstić information content (AvgIpc) is 2.96. The highest BCUT2D eigenvalue weighted by Crippen LogP contribution is 2.47. The van der Waals surface area contributed by atoms with Gasteiger partial charge in [0.1, 0.15) is 0 Å². The third-order valence-corrected chi connectivity index (χ3v) is 4.39. The van der Waals surface area contributed by atoms with Crippen LogP contribution < -0.4 is 5.73 Å². The van der Waals surface area contributed by atoms with Crippen molar-refractivity contribution in [1.82, 2.24) is 4.90 Å². The zero-order chi connectivity index (χ0) is 11.8. The molecule has 0 spiro atoms. The van der Waals surface area contributed by atoms with Gasteiger partial charge in [-0.1, -0.05) is 18.6 Å². The van der Waals surface area contributed by atoms with Gasteiger partial charge in [0.15, 0.2) is 0 Å². The Labute approximate surface area is 102 Å². The Kier molecular flexibility index (Phi) is 3.19. The first-order chi connectivity index (χ1) is 7.60. The van der Waals surface area contributed by atoms with Crippen molar-refractivity contribution >= 4 is 23.1 Å². The number of carbonyl (C=O) groups is 1. The van der Waals surface area contributed by atoms with Crippen LogP contribution in [0.25, 0.3) is 0 Å². The summed E-state index contributed by atoms with van der Waals surface area (Å²) in [4.78, 5) is 14.7. The number of hydrogen-bond donors (Lipinski definition) is 1. The Morgan fingerprint density at radius 1 is 1.50 bits per heavy atom. The third-order valence-electron chi connectivity index (χ3n) is 4.00. The first kappa shape index (κ1) is 11.8. The van der Waals surface area contributed by atoms with Gasteiger partial charge >= 0.3 is 0 Å². The highest BCUT2D eigenvalue weighted by Gasteiger charge is 2.54. The van der Waals surface area contributed by atoms with Crippen molar-refractivity contribution in [2.24, 2.45) is 17.1 Å². The van der Waals surface area contributed by atoms with E-state index in [1.165, 1.54) is 19.3 Å². The summed E-state index contributed by atoms with van der Waals surface area (Å²) in [6, 6.07) is 0. The maximum Gasteiger partial charge on any atom is 0.235 e. The van der Waals surface area contributed by atoms with Crippen LogP contribution in [0.1, 0.15) is 39.0 Å². The third kappa shape index (κ3) is 1.95. The Bertz CT molecular complexity index is 308. The van der Waals surface area contributed by atoms with Crippen LogP contribution >= 0.6 is 12.2 Å². The molecule has 2 rings (SSSR count). The first-order valence-electron chi connectivity index (χ1n) is 6.19. The van der Waals surface area contributed by atoms with Gasteiger partial charge in [-0.25, -0.2) is 0 Å². The molecule has 90 valence electrons. The van der Waals surface area contributed by atoms with Crippen molar-refractivity contribution in [3.63, 3.8) is 0 Å². The zero-order valence-electron chi connectivity index (χ0n) is 9.87. The Morgan fingerprint density at radius 2 is 2.12 bits per heavy atom. The lowest BCUT2D eigenvalue weighted by Gasteiger charge is -2.33. The standard InChI is InChI=1S/C12H20N2OS/c1-2-14(8-9-4-3-5-9)11(15)12(6-7-12)10(13)16/h9H,2-8H2,1H3,(H2,13,16). The Hall–Kier alpha value is -0.640. The number of rotatable bonds is 5. The van der Waals surface area contributed by atoms with Crippen molar-refractivity contribution < 1.29 is 4.79 Å². The van der Waals surface area contributed by atoms with E-state index >= 15 is 0 Å². The fourth-order valence-corrected chi connectivity index (χ4v) is 2.63. The minimum Gasteiger partial charge on any atom is -0.392 e. The van der Waals surface area contributed by atoms with E-state index in [2.05, 4.69) is 0 Å². The van der Waals surface area contributed by atoms with E-state index in [9.17, 15) is 4.79 Å². The van der Waals surface area contributed by atoms with Crippen molar-refractivity contribution in [3.8, 4) is 0 Å². The molecule has 0 aromatic rings. The van der Waals surface area contributed by atoms with Crippen LogP contribution in [-0.2, 0) is 4.79 Å². The van der Waals surface area contributed by atoms with Gasteiger partial charge in [0.05, 0.1) is 10.4 Å². The molecule has 0 radical (unpaired) electrons. The predicted molar refractivity (Wildman–Crippen MR) is 68.0 cm³/mol. The fraction of sp³-hybridized carbons (Fsp3) is 0.833. The van der Waals surface area contributed by atoms with Gasteiger partial charge in [0, 0.05) is 13.1 Å². The molecule has 1 amide bonds. The number of hydrogen-bond acceptors (Lipinski definition) is 2. The molecule has 3 nitrogen and oxygen atoms in total. The molecule has 0 aliphatic heterocycles. The zero-order valence-corrected chi connectivity index (χ0v) is 10.7. The van der Waals surface area contributed by atoms with Gasteiger partial charge in [0.2, 0.25) is 5.91 Å². The summed E-state index contributed by atoms with van der Waals surface area (Å²) in [6.45, 7) is 3.71. The van der Waals surface area contributed by atoms with Gasteiger partial charge in [-0.3, -0.25) is 4.79 Å². The molecule has 4 heteroatoms. The molecular weight excluding hydrogens is 220 g/mol. The lowest BCUT2D eigenvalue weighted by molar-refractivity contribution is -0.135. The van der Waals surface area contributed by atoms with E-state index in [0.29, 0.717) is 10.9 Å². The quantitative estimate of drug-likeness (QED) is 0.744. The second-order valence-electron chi connectivity index (χ2n) is 5.09. The molecule has 2 fully saturated rings. The monoisotopic (exact) mass is 240 g/mol. The summed E-state index contributed by atoms with van der Waals surface area (Å²) in [5, 5.41) is 0. The second-order valence-corrected chi connectivity index (χ2v) is 5.53. The molecule has 2 saturated carbocycles. The number of thiocarbonyl (C=S) groups is 1.